The fourth-order valence-electron chi connectivity index (χ4n) is 3.41. The molecule has 4 heteroatoms. The maximum Gasteiger partial charge on any atom is 0.113 e. The van der Waals surface area contributed by atoms with Gasteiger partial charge in [0.25, 0.3) is 0 Å². The van der Waals surface area contributed by atoms with Crippen LogP contribution in [0.3, 0.4) is 0 Å². The van der Waals surface area contributed by atoms with Gasteiger partial charge in [-0.05, 0) is 32.1 Å². The first-order chi connectivity index (χ1) is 9.34. The van der Waals surface area contributed by atoms with Gasteiger partial charge in [-0.15, -0.1) is 11.3 Å². The molecule has 0 amide bonds. The van der Waals surface area contributed by atoms with Crippen LogP contribution in [-0.4, -0.2) is 25.2 Å². The molecular weight excluding hydrogens is 256 g/mol. The molecule has 0 unspecified atom stereocenters. The molecule has 0 radical (unpaired) electrons. The number of nitrogens with zero attached hydrogens (tertiary/aromatic N) is 1. The molecule has 1 aromatic heterocycles. The van der Waals surface area contributed by atoms with Crippen LogP contribution in [0.5, 0.6) is 0 Å². The third-order valence-electron chi connectivity index (χ3n) is 4.48. The van der Waals surface area contributed by atoms with E-state index >= 15 is 0 Å². The van der Waals surface area contributed by atoms with Crippen molar-refractivity contribution in [1.82, 2.24) is 10.3 Å². The number of hydrogen-bond acceptors (Lipinski definition) is 4. The van der Waals surface area contributed by atoms with Crippen molar-refractivity contribution in [2.24, 2.45) is 0 Å². The van der Waals surface area contributed by atoms with Gasteiger partial charge in [0.05, 0.1) is 17.8 Å². The highest BCUT2D eigenvalue weighted by Gasteiger charge is 2.37. The number of aromatic nitrogens is 1. The van der Waals surface area contributed by atoms with Gasteiger partial charge in [-0.25, -0.2) is 4.98 Å². The second kappa shape index (κ2) is 5.90. The number of rotatable bonds is 5. The Labute approximate surface area is 119 Å². The molecule has 2 aliphatic carbocycles. The third-order valence-corrected chi connectivity index (χ3v) is 5.84. The maximum absolute atomic E-state index is 5.20. The van der Waals surface area contributed by atoms with Gasteiger partial charge in [0.15, 0.2) is 0 Å². The zero-order valence-electron chi connectivity index (χ0n) is 11.8. The highest BCUT2D eigenvalue weighted by Crippen LogP contribution is 2.41. The molecule has 0 aromatic carbocycles. The van der Waals surface area contributed by atoms with Crippen LogP contribution in [-0.2, 0) is 23.1 Å². The largest absolute Gasteiger partial charge is 0.383 e. The van der Waals surface area contributed by atoms with Crippen LogP contribution in [0.1, 0.15) is 54.1 Å². The second-order valence-electron chi connectivity index (χ2n) is 5.80. The summed E-state index contributed by atoms with van der Waals surface area (Å²) in [5.74, 6) is 0. The zero-order chi connectivity index (χ0) is 13.1. The number of ether oxygens (including phenoxy) is 1. The summed E-state index contributed by atoms with van der Waals surface area (Å²) in [7, 11) is 1.77. The molecule has 19 heavy (non-hydrogen) atoms. The van der Waals surface area contributed by atoms with E-state index in [1.54, 1.807) is 12.0 Å². The Hall–Kier alpha value is -0.450. The van der Waals surface area contributed by atoms with Gasteiger partial charge in [-0.3, -0.25) is 0 Å². The van der Waals surface area contributed by atoms with E-state index in [0.29, 0.717) is 0 Å². The fourth-order valence-corrected chi connectivity index (χ4v) is 4.78. The number of hydrogen-bond donors (Lipinski definition) is 1. The van der Waals surface area contributed by atoms with E-state index in [9.17, 15) is 0 Å². The normalized spacial score (nSPS) is 21.5. The van der Waals surface area contributed by atoms with E-state index in [4.69, 9.17) is 9.72 Å². The molecule has 0 aliphatic heterocycles. The Morgan fingerprint density at radius 3 is 2.79 bits per heavy atom. The van der Waals surface area contributed by atoms with Gasteiger partial charge >= 0.3 is 0 Å². The topological polar surface area (TPSA) is 34.1 Å². The first kappa shape index (κ1) is 13.5. The lowest BCUT2D eigenvalue weighted by molar-refractivity contribution is 0.166. The maximum atomic E-state index is 5.20. The van der Waals surface area contributed by atoms with Crippen LogP contribution in [0.4, 0.5) is 0 Å². The van der Waals surface area contributed by atoms with Crippen molar-refractivity contribution in [2.45, 2.75) is 56.9 Å². The summed E-state index contributed by atoms with van der Waals surface area (Å²) in [4.78, 5) is 6.53. The average Bonchev–Trinajstić information content (AvgIpc) is 3.01. The molecule has 3 rings (SSSR count). The van der Waals surface area contributed by atoms with E-state index in [2.05, 4.69) is 5.32 Å². The van der Waals surface area contributed by atoms with Gasteiger partial charge in [-0.2, -0.15) is 0 Å². The van der Waals surface area contributed by atoms with Crippen molar-refractivity contribution in [1.29, 1.82) is 0 Å². The fraction of sp³-hybridized carbons (Fsp3) is 0.800. The van der Waals surface area contributed by atoms with Crippen LogP contribution in [0, 0.1) is 0 Å². The van der Waals surface area contributed by atoms with Crippen molar-refractivity contribution in [3.8, 4) is 0 Å². The summed E-state index contributed by atoms with van der Waals surface area (Å²) in [5, 5.41) is 5.12. The Bertz CT molecular complexity index is 402. The van der Waals surface area contributed by atoms with Crippen LogP contribution in [0.2, 0.25) is 0 Å². The smallest absolute Gasteiger partial charge is 0.113 e. The minimum atomic E-state index is 0.145. The SMILES string of the molecule is COCCNC1(c2nc3c(s2)CCC3)CCCCC1. The Balaban J connectivity index is 1.80. The Morgan fingerprint density at radius 1 is 1.21 bits per heavy atom. The number of methoxy groups -OCH3 is 1. The lowest BCUT2D eigenvalue weighted by Gasteiger charge is -2.36. The predicted octanol–water partition coefficient (Wildman–Crippen LogP) is 3.03. The molecule has 3 nitrogen and oxygen atoms in total. The van der Waals surface area contributed by atoms with E-state index in [1.807, 2.05) is 11.3 Å². The quantitative estimate of drug-likeness (QED) is 0.842. The molecule has 1 fully saturated rings. The van der Waals surface area contributed by atoms with Crippen molar-refractivity contribution in [2.75, 3.05) is 20.3 Å². The van der Waals surface area contributed by atoms with Crippen LogP contribution in [0.15, 0.2) is 0 Å². The van der Waals surface area contributed by atoms with E-state index in [0.717, 1.165) is 13.2 Å². The molecular formula is C15H24N2OS. The summed E-state index contributed by atoms with van der Waals surface area (Å²) in [6.45, 7) is 1.72. The molecule has 2 aliphatic rings. The molecule has 106 valence electrons. The Kier molecular flexibility index (Phi) is 4.20. The summed E-state index contributed by atoms with van der Waals surface area (Å²) in [5.41, 5.74) is 1.53. The molecule has 0 bridgehead atoms. The van der Waals surface area contributed by atoms with Crippen molar-refractivity contribution >= 4 is 11.3 Å². The highest BCUT2D eigenvalue weighted by molar-refractivity contribution is 7.12. The molecule has 0 atom stereocenters. The number of aryl methyl sites for hydroxylation is 2. The van der Waals surface area contributed by atoms with Crippen molar-refractivity contribution < 1.29 is 4.74 Å². The summed E-state index contributed by atoms with van der Waals surface area (Å²) in [6, 6.07) is 0. The van der Waals surface area contributed by atoms with Crippen LogP contribution < -0.4 is 5.32 Å². The number of thiazole rings is 1. The highest BCUT2D eigenvalue weighted by atomic mass is 32.1. The molecule has 1 saturated carbocycles. The monoisotopic (exact) mass is 280 g/mol. The van der Waals surface area contributed by atoms with Crippen molar-refractivity contribution in [3.63, 3.8) is 0 Å². The molecule has 1 aromatic rings. The van der Waals surface area contributed by atoms with Gasteiger partial charge in [0.1, 0.15) is 5.01 Å². The molecule has 0 spiro atoms. The summed E-state index contributed by atoms with van der Waals surface area (Å²) in [6.07, 6.45) is 10.2. The average molecular weight is 280 g/mol. The minimum absolute atomic E-state index is 0.145. The molecule has 1 N–H and O–H groups in total. The molecule has 0 saturated heterocycles. The first-order valence-corrected chi connectivity index (χ1v) is 8.39. The van der Waals surface area contributed by atoms with Gasteiger partial charge in [0.2, 0.25) is 0 Å². The minimum Gasteiger partial charge on any atom is -0.383 e. The lowest BCUT2D eigenvalue weighted by Crippen LogP contribution is -2.45. The Morgan fingerprint density at radius 2 is 2.05 bits per heavy atom. The second-order valence-corrected chi connectivity index (χ2v) is 6.89. The number of fused-ring (bicyclic) bond motifs is 1. The first-order valence-electron chi connectivity index (χ1n) is 7.57. The van der Waals surface area contributed by atoms with E-state index in [1.165, 1.54) is 62.1 Å². The van der Waals surface area contributed by atoms with Gasteiger partial charge in [-0.1, -0.05) is 19.3 Å². The van der Waals surface area contributed by atoms with Crippen LogP contribution >= 0.6 is 11.3 Å². The third kappa shape index (κ3) is 2.71. The van der Waals surface area contributed by atoms with Gasteiger partial charge < -0.3 is 10.1 Å². The van der Waals surface area contributed by atoms with Gasteiger partial charge in [0, 0.05) is 18.5 Å². The van der Waals surface area contributed by atoms with E-state index in [-0.39, 0.29) is 5.54 Å². The number of nitrogens with one attached hydrogen (secondary N) is 1. The van der Waals surface area contributed by atoms with Crippen molar-refractivity contribution in [3.05, 3.63) is 15.6 Å². The molecule has 1 heterocycles. The zero-order valence-corrected chi connectivity index (χ0v) is 12.7. The predicted molar refractivity (Wildman–Crippen MR) is 78.8 cm³/mol. The summed E-state index contributed by atoms with van der Waals surface area (Å²) < 4.78 is 5.20. The lowest BCUT2D eigenvalue weighted by atomic mass is 9.82. The standard InChI is InChI=1S/C15H24N2OS/c1-18-11-10-16-15(8-3-2-4-9-15)14-17-12-6-5-7-13(12)19-14/h16H,2-11H2,1H3. The van der Waals surface area contributed by atoms with Crippen LogP contribution in [0.25, 0.3) is 0 Å². The summed E-state index contributed by atoms with van der Waals surface area (Å²) >= 11 is 1.97. The van der Waals surface area contributed by atoms with E-state index < -0.39 is 0 Å².